The van der Waals surface area contributed by atoms with E-state index in [1.807, 2.05) is 33.8 Å². The number of amides is 2. The molecule has 0 spiro atoms. The minimum atomic E-state index is -0.538. The van der Waals surface area contributed by atoms with Crippen molar-refractivity contribution in [2.45, 2.75) is 52.2 Å². The van der Waals surface area contributed by atoms with Crippen LogP contribution in [-0.2, 0) is 4.74 Å². The van der Waals surface area contributed by atoms with Crippen LogP contribution in [0.25, 0.3) is 0 Å². The monoisotopic (exact) mass is 352 g/mol. The molecule has 1 N–H and O–H groups in total. The number of nitrogens with zero attached hydrogens (tertiary/aromatic N) is 1. The largest absolute Gasteiger partial charge is 0.444 e. The molecule has 1 heterocycles. The van der Waals surface area contributed by atoms with Crippen LogP contribution in [0.5, 0.6) is 0 Å². The van der Waals surface area contributed by atoms with Crippen LogP contribution < -0.4 is 5.32 Å². The Hall–Kier alpha value is -1.75. The third-order valence-corrected chi connectivity index (χ3v) is 4.10. The molecule has 1 saturated heterocycles. The molecule has 1 aliphatic rings. The number of nitrogens with one attached hydrogen (secondary N) is 1. The smallest absolute Gasteiger partial charge is 0.407 e. The van der Waals surface area contributed by atoms with E-state index in [0.717, 1.165) is 18.4 Å². The maximum Gasteiger partial charge on any atom is 0.407 e. The van der Waals surface area contributed by atoms with E-state index in [0.29, 0.717) is 23.7 Å². The number of hydrogen-bond acceptors (Lipinski definition) is 3. The van der Waals surface area contributed by atoms with Crippen molar-refractivity contribution < 1.29 is 14.3 Å². The van der Waals surface area contributed by atoms with Crippen molar-refractivity contribution in [1.82, 2.24) is 10.2 Å². The molecular formula is C18H25ClN2O3. The molecule has 1 atom stereocenters. The highest BCUT2D eigenvalue weighted by molar-refractivity contribution is 6.33. The van der Waals surface area contributed by atoms with Crippen molar-refractivity contribution in [2.75, 3.05) is 13.1 Å². The Kier molecular flexibility index (Phi) is 5.75. The first-order valence-corrected chi connectivity index (χ1v) is 8.58. The second-order valence-corrected chi connectivity index (χ2v) is 7.63. The first kappa shape index (κ1) is 18.6. The van der Waals surface area contributed by atoms with Gasteiger partial charge in [0.25, 0.3) is 5.91 Å². The molecule has 5 nitrogen and oxygen atoms in total. The molecule has 1 aliphatic heterocycles. The van der Waals surface area contributed by atoms with Crippen molar-refractivity contribution in [3.05, 3.63) is 34.3 Å². The Bertz CT molecular complexity index is 625. The summed E-state index contributed by atoms with van der Waals surface area (Å²) in [5, 5.41) is 3.31. The molecule has 0 aliphatic carbocycles. The van der Waals surface area contributed by atoms with Crippen molar-refractivity contribution in [1.29, 1.82) is 0 Å². The summed E-state index contributed by atoms with van der Waals surface area (Å²) in [7, 11) is 0. The van der Waals surface area contributed by atoms with E-state index in [2.05, 4.69) is 5.32 Å². The molecule has 1 aromatic carbocycles. The number of carbonyl (C=O) groups excluding carboxylic acids is 2. The van der Waals surface area contributed by atoms with Crippen LogP contribution in [0.4, 0.5) is 4.79 Å². The second-order valence-electron chi connectivity index (χ2n) is 7.22. The maximum absolute atomic E-state index is 12.7. The highest BCUT2D eigenvalue weighted by Gasteiger charge is 2.27. The lowest BCUT2D eigenvalue weighted by molar-refractivity contribution is 0.0452. The number of ether oxygens (including phenoxy) is 1. The minimum Gasteiger partial charge on any atom is -0.444 e. The molecule has 0 radical (unpaired) electrons. The van der Waals surface area contributed by atoms with E-state index in [4.69, 9.17) is 16.3 Å². The van der Waals surface area contributed by atoms with Gasteiger partial charge in [0, 0.05) is 19.1 Å². The lowest BCUT2D eigenvalue weighted by atomic mass is 10.0. The number of carbonyl (C=O) groups is 2. The minimum absolute atomic E-state index is 0.101. The Labute approximate surface area is 148 Å². The van der Waals surface area contributed by atoms with Crippen LogP contribution in [0, 0.1) is 6.92 Å². The van der Waals surface area contributed by atoms with Gasteiger partial charge in [-0.3, -0.25) is 4.79 Å². The summed E-state index contributed by atoms with van der Waals surface area (Å²) < 4.78 is 5.28. The number of aryl methyl sites for hydroxylation is 1. The summed E-state index contributed by atoms with van der Waals surface area (Å²) in [6.07, 6.45) is 1.20. The van der Waals surface area contributed by atoms with Gasteiger partial charge in [0.05, 0.1) is 10.6 Å². The molecule has 2 amide bonds. The lowest BCUT2D eigenvalue weighted by Gasteiger charge is -2.33. The summed E-state index contributed by atoms with van der Waals surface area (Å²) in [6.45, 7) is 8.52. The van der Waals surface area contributed by atoms with E-state index in [1.54, 1.807) is 17.0 Å². The number of piperidine rings is 1. The average molecular weight is 353 g/mol. The maximum atomic E-state index is 12.7. The quantitative estimate of drug-likeness (QED) is 0.881. The van der Waals surface area contributed by atoms with Gasteiger partial charge in [0.1, 0.15) is 5.60 Å². The third-order valence-electron chi connectivity index (χ3n) is 3.78. The van der Waals surface area contributed by atoms with E-state index in [9.17, 15) is 9.59 Å². The van der Waals surface area contributed by atoms with E-state index in [1.165, 1.54) is 0 Å². The van der Waals surface area contributed by atoms with Crippen molar-refractivity contribution in [3.63, 3.8) is 0 Å². The fourth-order valence-electron chi connectivity index (χ4n) is 2.72. The molecule has 1 fully saturated rings. The van der Waals surface area contributed by atoms with E-state index >= 15 is 0 Å². The Morgan fingerprint density at radius 2 is 2.04 bits per heavy atom. The van der Waals surface area contributed by atoms with Crippen LogP contribution in [0.1, 0.15) is 49.5 Å². The van der Waals surface area contributed by atoms with Gasteiger partial charge in [0.15, 0.2) is 0 Å². The van der Waals surface area contributed by atoms with Crippen molar-refractivity contribution >= 4 is 23.6 Å². The zero-order chi connectivity index (χ0) is 17.9. The van der Waals surface area contributed by atoms with Crippen LogP contribution >= 0.6 is 11.6 Å². The number of rotatable bonds is 2. The molecule has 24 heavy (non-hydrogen) atoms. The number of likely N-dealkylation sites (tertiary alicyclic amines) is 1. The number of benzene rings is 1. The van der Waals surface area contributed by atoms with Crippen molar-refractivity contribution in [3.8, 4) is 0 Å². The van der Waals surface area contributed by atoms with Crippen LogP contribution in [-0.4, -0.2) is 41.6 Å². The zero-order valence-corrected chi connectivity index (χ0v) is 15.4. The number of halogens is 1. The normalized spacial score (nSPS) is 18.2. The van der Waals surface area contributed by atoms with Gasteiger partial charge in [-0.1, -0.05) is 17.7 Å². The summed E-state index contributed by atoms with van der Waals surface area (Å²) >= 11 is 6.20. The Morgan fingerprint density at radius 1 is 1.33 bits per heavy atom. The first-order chi connectivity index (χ1) is 11.2. The predicted octanol–water partition coefficient (Wildman–Crippen LogP) is 3.78. The SMILES string of the molecule is Cc1ccc(C(=O)N2CCCC(NC(=O)OC(C)(C)C)C2)c(Cl)c1. The zero-order valence-electron chi connectivity index (χ0n) is 14.7. The predicted molar refractivity (Wildman–Crippen MR) is 94.5 cm³/mol. The number of alkyl carbamates (subject to hydrolysis) is 1. The third kappa shape index (κ3) is 5.13. The van der Waals surface area contributed by atoms with Crippen LogP contribution in [0.3, 0.4) is 0 Å². The van der Waals surface area contributed by atoms with Gasteiger partial charge in [-0.25, -0.2) is 4.79 Å². The molecule has 2 rings (SSSR count). The van der Waals surface area contributed by atoms with E-state index < -0.39 is 11.7 Å². The molecule has 1 unspecified atom stereocenters. The van der Waals surface area contributed by atoms with E-state index in [-0.39, 0.29) is 11.9 Å². The van der Waals surface area contributed by atoms with Gasteiger partial charge in [0.2, 0.25) is 0 Å². The molecule has 0 bridgehead atoms. The van der Waals surface area contributed by atoms with Gasteiger partial charge < -0.3 is 15.0 Å². The standard InChI is InChI=1S/C18H25ClN2O3/c1-12-7-8-14(15(19)10-12)16(22)21-9-5-6-13(11-21)20-17(23)24-18(2,3)4/h7-8,10,13H,5-6,9,11H2,1-4H3,(H,20,23). The average Bonchev–Trinajstić information content (AvgIpc) is 2.44. The molecule has 0 aromatic heterocycles. The highest BCUT2D eigenvalue weighted by atomic mass is 35.5. The van der Waals surface area contributed by atoms with Crippen LogP contribution in [0.2, 0.25) is 5.02 Å². The molecule has 6 heteroatoms. The summed E-state index contributed by atoms with van der Waals surface area (Å²) in [5.74, 6) is -0.101. The Morgan fingerprint density at radius 3 is 2.67 bits per heavy atom. The fraction of sp³-hybridized carbons (Fsp3) is 0.556. The van der Waals surface area contributed by atoms with Crippen molar-refractivity contribution in [2.24, 2.45) is 0 Å². The van der Waals surface area contributed by atoms with Gasteiger partial charge in [-0.2, -0.15) is 0 Å². The topological polar surface area (TPSA) is 58.6 Å². The first-order valence-electron chi connectivity index (χ1n) is 8.20. The van der Waals surface area contributed by atoms with Gasteiger partial charge in [-0.05, 0) is 58.2 Å². The molecule has 0 saturated carbocycles. The summed E-state index contributed by atoms with van der Waals surface area (Å²) in [4.78, 5) is 26.3. The summed E-state index contributed by atoms with van der Waals surface area (Å²) in [6, 6.07) is 5.31. The molecule has 132 valence electrons. The Balaban J connectivity index is 1.99. The molecule has 1 aromatic rings. The molecular weight excluding hydrogens is 328 g/mol. The van der Waals surface area contributed by atoms with Crippen LogP contribution in [0.15, 0.2) is 18.2 Å². The van der Waals surface area contributed by atoms with Gasteiger partial charge in [-0.15, -0.1) is 0 Å². The fourth-order valence-corrected chi connectivity index (χ4v) is 3.03. The number of hydrogen-bond donors (Lipinski definition) is 1. The summed E-state index contributed by atoms with van der Waals surface area (Å²) in [5.41, 5.74) is 0.976. The van der Waals surface area contributed by atoms with Gasteiger partial charge >= 0.3 is 6.09 Å². The second kappa shape index (κ2) is 7.43. The lowest BCUT2D eigenvalue weighted by Crippen LogP contribution is -2.50. The highest BCUT2D eigenvalue weighted by Crippen LogP contribution is 2.21.